The molecule has 104 valence electrons. The van der Waals surface area contributed by atoms with E-state index in [0.29, 0.717) is 11.5 Å². The predicted octanol–water partition coefficient (Wildman–Crippen LogP) is 3.40. The normalized spacial score (nSPS) is 15.1. The van der Waals surface area contributed by atoms with E-state index in [0.717, 1.165) is 5.69 Å². The van der Waals surface area contributed by atoms with Gasteiger partial charge in [0.1, 0.15) is 0 Å². The van der Waals surface area contributed by atoms with Crippen LogP contribution in [0.1, 0.15) is 19.3 Å². The van der Waals surface area contributed by atoms with Crippen molar-refractivity contribution in [2.75, 3.05) is 29.0 Å². The predicted molar refractivity (Wildman–Crippen MR) is 84.4 cm³/mol. The van der Waals surface area contributed by atoms with E-state index < -0.39 is 0 Å². The van der Waals surface area contributed by atoms with Crippen molar-refractivity contribution in [2.24, 2.45) is 0 Å². The Morgan fingerprint density at radius 1 is 1.00 bits per heavy atom. The lowest BCUT2D eigenvalue weighted by Crippen LogP contribution is -2.29. The summed E-state index contributed by atoms with van der Waals surface area (Å²) < 4.78 is 0. The number of hydrogen-bond donors (Lipinski definition) is 2. The number of nitrogens with two attached hydrogens (primary N) is 1. The lowest BCUT2D eigenvalue weighted by atomic mass is 10.1. The zero-order valence-electron chi connectivity index (χ0n) is 11.5. The number of pyridine rings is 1. The molecule has 2 aromatic rings. The van der Waals surface area contributed by atoms with E-state index in [1.807, 2.05) is 12.1 Å². The van der Waals surface area contributed by atoms with E-state index in [9.17, 15) is 0 Å². The van der Waals surface area contributed by atoms with Gasteiger partial charge >= 0.3 is 0 Å². The fourth-order valence-corrected chi connectivity index (χ4v) is 2.57. The fourth-order valence-electron chi connectivity index (χ4n) is 2.57. The highest BCUT2D eigenvalue weighted by atomic mass is 15.1. The van der Waals surface area contributed by atoms with Crippen LogP contribution < -0.4 is 16.0 Å². The van der Waals surface area contributed by atoms with Gasteiger partial charge in [0, 0.05) is 30.7 Å². The summed E-state index contributed by atoms with van der Waals surface area (Å²) >= 11 is 0. The first-order valence-electron chi connectivity index (χ1n) is 7.15. The third-order valence-electron chi connectivity index (χ3n) is 3.69. The molecular formula is C16H20N4. The molecule has 1 aromatic carbocycles. The van der Waals surface area contributed by atoms with Crippen molar-refractivity contribution in [3.8, 4) is 0 Å². The molecule has 2 heterocycles. The maximum atomic E-state index is 5.88. The van der Waals surface area contributed by atoms with Crippen molar-refractivity contribution in [1.29, 1.82) is 0 Å². The quantitative estimate of drug-likeness (QED) is 0.896. The van der Waals surface area contributed by atoms with Crippen LogP contribution in [0.25, 0.3) is 0 Å². The number of hydrogen-bond acceptors (Lipinski definition) is 4. The van der Waals surface area contributed by atoms with Gasteiger partial charge in [0.15, 0.2) is 5.82 Å². The van der Waals surface area contributed by atoms with Crippen LogP contribution in [0.15, 0.2) is 42.6 Å². The average molecular weight is 268 g/mol. The van der Waals surface area contributed by atoms with Gasteiger partial charge in [0.25, 0.3) is 0 Å². The SMILES string of the molecule is Nc1cccnc1Nc1ccc(N2CCCCC2)cc1. The molecule has 1 saturated heterocycles. The monoisotopic (exact) mass is 268 g/mol. The number of benzene rings is 1. The van der Waals surface area contributed by atoms with E-state index in [-0.39, 0.29) is 0 Å². The molecule has 1 aromatic heterocycles. The smallest absolute Gasteiger partial charge is 0.153 e. The molecule has 20 heavy (non-hydrogen) atoms. The van der Waals surface area contributed by atoms with Crippen molar-refractivity contribution >= 4 is 22.9 Å². The number of aromatic nitrogens is 1. The summed E-state index contributed by atoms with van der Waals surface area (Å²) in [4.78, 5) is 6.69. The second kappa shape index (κ2) is 5.82. The van der Waals surface area contributed by atoms with Crippen LogP contribution in [-0.4, -0.2) is 18.1 Å². The van der Waals surface area contributed by atoms with Gasteiger partial charge in [-0.2, -0.15) is 0 Å². The highest BCUT2D eigenvalue weighted by molar-refractivity contribution is 5.69. The van der Waals surface area contributed by atoms with Crippen molar-refractivity contribution in [2.45, 2.75) is 19.3 Å². The first-order valence-corrected chi connectivity index (χ1v) is 7.15. The zero-order chi connectivity index (χ0) is 13.8. The Kier molecular flexibility index (Phi) is 3.72. The van der Waals surface area contributed by atoms with Crippen molar-refractivity contribution in [3.63, 3.8) is 0 Å². The molecule has 0 bridgehead atoms. The molecule has 0 saturated carbocycles. The van der Waals surface area contributed by atoms with E-state index in [2.05, 4.69) is 39.5 Å². The second-order valence-electron chi connectivity index (χ2n) is 5.16. The van der Waals surface area contributed by atoms with Gasteiger partial charge in [-0.3, -0.25) is 0 Å². The number of nitrogens with zero attached hydrogens (tertiary/aromatic N) is 2. The summed E-state index contributed by atoms with van der Waals surface area (Å²) in [6.07, 6.45) is 5.69. The highest BCUT2D eigenvalue weighted by Crippen LogP contribution is 2.24. The zero-order valence-corrected chi connectivity index (χ0v) is 11.5. The van der Waals surface area contributed by atoms with Crippen molar-refractivity contribution in [3.05, 3.63) is 42.6 Å². The second-order valence-corrected chi connectivity index (χ2v) is 5.16. The molecule has 1 aliphatic heterocycles. The molecule has 0 amide bonds. The number of nitrogen functional groups attached to an aromatic ring is 1. The lowest BCUT2D eigenvalue weighted by molar-refractivity contribution is 0.578. The van der Waals surface area contributed by atoms with Crippen molar-refractivity contribution < 1.29 is 0 Å². The molecule has 4 nitrogen and oxygen atoms in total. The van der Waals surface area contributed by atoms with Gasteiger partial charge in [0.2, 0.25) is 0 Å². The molecule has 1 aliphatic rings. The van der Waals surface area contributed by atoms with E-state index in [1.54, 1.807) is 6.20 Å². The Labute approximate surface area is 119 Å². The Balaban J connectivity index is 1.71. The number of nitrogens with one attached hydrogen (secondary N) is 1. The maximum Gasteiger partial charge on any atom is 0.153 e. The van der Waals surface area contributed by atoms with E-state index >= 15 is 0 Å². The van der Waals surface area contributed by atoms with Gasteiger partial charge in [-0.15, -0.1) is 0 Å². The van der Waals surface area contributed by atoms with Gasteiger partial charge in [-0.05, 0) is 55.7 Å². The van der Waals surface area contributed by atoms with Crippen LogP contribution in [0.4, 0.5) is 22.9 Å². The minimum absolute atomic E-state index is 0.660. The fraction of sp³-hybridized carbons (Fsp3) is 0.312. The lowest BCUT2D eigenvalue weighted by Gasteiger charge is -2.28. The maximum absolute atomic E-state index is 5.88. The molecular weight excluding hydrogens is 248 g/mol. The summed E-state index contributed by atoms with van der Waals surface area (Å²) in [6.45, 7) is 2.33. The van der Waals surface area contributed by atoms with Gasteiger partial charge in [0.05, 0.1) is 5.69 Å². The summed E-state index contributed by atoms with van der Waals surface area (Å²) in [5.74, 6) is 0.707. The minimum atomic E-state index is 0.660. The molecule has 0 aliphatic carbocycles. The van der Waals surface area contributed by atoms with Crippen LogP contribution in [0.5, 0.6) is 0 Å². The third kappa shape index (κ3) is 2.85. The van der Waals surface area contributed by atoms with Crippen LogP contribution in [0.2, 0.25) is 0 Å². The van der Waals surface area contributed by atoms with Crippen LogP contribution in [-0.2, 0) is 0 Å². The van der Waals surface area contributed by atoms with Gasteiger partial charge in [-0.25, -0.2) is 4.98 Å². The number of piperidine rings is 1. The molecule has 0 spiro atoms. The molecule has 0 radical (unpaired) electrons. The standard InChI is InChI=1S/C16H20N4/c17-15-5-4-10-18-16(15)19-13-6-8-14(9-7-13)20-11-2-1-3-12-20/h4-10H,1-3,11-12,17H2,(H,18,19). The van der Waals surface area contributed by atoms with Gasteiger partial charge in [-0.1, -0.05) is 0 Å². The van der Waals surface area contributed by atoms with Crippen molar-refractivity contribution in [1.82, 2.24) is 4.98 Å². The Hall–Kier alpha value is -2.23. The Bertz CT molecular complexity index is 559. The number of anilines is 4. The number of rotatable bonds is 3. The first-order chi connectivity index (χ1) is 9.83. The first kappa shape index (κ1) is 12.8. The molecule has 0 unspecified atom stereocenters. The molecule has 1 fully saturated rings. The van der Waals surface area contributed by atoms with Crippen LogP contribution in [0.3, 0.4) is 0 Å². The van der Waals surface area contributed by atoms with Gasteiger partial charge < -0.3 is 16.0 Å². The molecule has 3 rings (SSSR count). The minimum Gasteiger partial charge on any atom is -0.396 e. The van der Waals surface area contributed by atoms with Crippen LogP contribution in [0, 0.1) is 0 Å². The highest BCUT2D eigenvalue weighted by Gasteiger charge is 2.10. The Morgan fingerprint density at radius 2 is 1.75 bits per heavy atom. The third-order valence-corrected chi connectivity index (χ3v) is 3.69. The average Bonchev–Trinajstić information content (AvgIpc) is 2.51. The molecule has 4 heteroatoms. The summed E-state index contributed by atoms with van der Waals surface area (Å²) in [5.41, 5.74) is 8.85. The molecule has 3 N–H and O–H groups in total. The summed E-state index contributed by atoms with van der Waals surface area (Å²) in [5, 5.41) is 3.25. The summed E-state index contributed by atoms with van der Waals surface area (Å²) in [6, 6.07) is 12.2. The van der Waals surface area contributed by atoms with Crippen LogP contribution >= 0.6 is 0 Å². The van der Waals surface area contributed by atoms with E-state index in [4.69, 9.17) is 5.73 Å². The topological polar surface area (TPSA) is 54.2 Å². The molecule has 0 atom stereocenters. The van der Waals surface area contributed by atoms with E-state index in [1.165, 1.54) is 38.0 Å². The Morgan fingerprint density at radius 3 is 2.45 bits per heavy atom. The largest absolute Gasteiger partial charge is 0.396 e. The summed E-state index contributed by atoms with van der Waals surface area (Å²) in [7, 11) is 0.